The average Bonchev–Trinajstić information content (AvgIpc) is 2.78. The lowest BCUT2D eigenvalue weighted by molar-refractivity contribution is 0.0954. The minimum atomic E-state index is -0.409. The van der Waals surface area contributed by atoms with Gasteiger partial charge in [0, 0.05) is 10.6 Å². The number of carbonyl (C=O) groups excluding carboxylic acids is 1. The van der Waals surface area contributed by atoms with Crippen molar-refractivity contribution < 1.29 is 19.0 Å². The number of hydrogen-bond acceptors (Lipinski definition) is 5. The Balaban J connectivity index is 1.65. The Kier molecular flexibility index (Phi) is 8.83. The third kappa shape index (κ3) is 6.78. The van der Waals surface area contributed by atoms with E-state index in [9.17, 15) is 4.79 Å². The van der Waals surface area contributed by atoms with E-state index >= 15 is 0 Å². The summed E-state index contributed by atoms with van der Waals surface area (Å²) in [4.78, 5) is 12.4. The number of nitrogens with one attached hydrogen (secondary N) is 1. The third-order valence-electron chi connectivity index (χ3n) is 4.40. The standard InChI is InChI=1S/C24H21Cl3N2O4/c1-3-32-22-12-17(7-8-21(22)31-2)24(30)29-28-13-16-10-19(26)23(20(27)11-16)33-14-15-5-4-6-18(25)9-15/h4-13H,3,14H2,1-2H3,(H,29,30)/b28-13+. The number of carbonyl (C=O) groups is 1. The monoisotopic (exact) mass is 506 g/mol. The molecule has 1 amide bonds. The molecule has 9 heteroatoms. The number of hydrogen-bond donors (Lipinski definition) is 1. The molecule has 0 aliphatic rings. The molecule has 3 aromatic rings. The fourth-order valence-electron chi connectivity index (χ4n) is 2.89. The van der Waals surface area contributed by atoms with Crippen molar-refractivity contribution in [1.82, 2.24) is 5.43 Å². The van der Waals surface area contributed by atoms with Crippen LogP contribution < -0.4 is 19.6 Å². The fourth-order valence-corrected chi connectivity index (χ4v) is 3.72. The lowest BCUT2D eigenvalue weighted by Crippen LogP contribution is -2.17. The Morgan fingerprint density at radius 3 is 2.42 bits per heavy atom. The van der Waals surface area contributed by atoms with Crippen LogP contribution in [0.25, 0.3) is 0 Å². The highest BCUT2D eigenvalue weighted by atomic mass is 35.5. The molecule has 0 aliphatic heterocycles. The second-order valence-electron chi connectivity index (χ2n) is 6.73. The van der Waals surface area contributed by atoms with E-state index in [1.54, 1.807) is 42.5 Å². The summed E-state index contributed by atoms with van der Waals surface area (Å²) in [5.74, 6) is 0.956. The van der Waals surface area contributed by atoms with Crippen LogP contribution in [-0.4, -0.2) is 25.8 Å². The van der Waals surface area contributed by atoms with Gasteiger partial charge in [-0.2, -0.15) is 5.10 Å². The number of hydrazone groups is 1. The van der Waals surface area contributed by atoms with Crippen molar-refractivity contribution in [3.63, 3.8) is 0 Å². The van der Waals surface area contributed by atoms with E-state index in [-0.39, 0.29) is 6.61 Å². The van der Waals surface area contributed by atoms with E-state index in [1.165, 1.54) is 13.3 Å². The van der Waals surface area contributed by atoms with E-state index in [1.807, 2.05) is 19.1 Å². The SMILES string of the molecule is CCOc1cc(C(=O)N/N=C/c2cc(Cl)c(OCc3cccc(Cl)c3)c(Cl)c2)ccc1OC. The largest absolute Gasteiger partial charge is 0.493 e. The first-order chi connectivity index (χ1) is 15.9. The highest BCUT2D eigenvalue weighted by Crippen LogP contribution is 2.34. The topological polar surface area (TPSA) is 69.2 Å². The molecule has 0 fully saturated rings. The van der Waals surface area contributed by atoms with Crippen molar-refractivity contribution >= 4 is 46.9 Å². The summed E-state index contributed by atoms with van der Waals surface area (Å²) in [6.07, 6.45) is 1.43. The molecule has 0 aliphatic carbocycles. The Hall–Kier alpha value is -2.93. The molecule has 172 valence electrons. The van der Waals surface area contributed by atoms with E-state index < -0.39 is 5.91 Å². The van der Waals surface area contributed by atoms with Crippen LogP contribution >= 0.6 is 34.8 Å². The van der Waals surface area contributed by atoms with Crippen molar-refractivity contribution in [2.75, 3.05) is 13.7 Å². The minimum absolute atomic E-state index is 0.259. The van der Waals surface area contributed by atoms with Gasteiger partial charge in [0.25, 0.3) is 5.91 Å². The first-order valence-corrected chi connectivity index (χ1v) is 11.0. The molecule has 0 unspecified atom stereocenters. The first kappa shape index (κ1) is 24.7. The molecule has 0 bridgehead atoms. The van der Waals surface area contributed by atoms with Gasteiger partial charge >= 0.3 is 0 Å². The second-order valence-corrected chi connectivity index (χ2v) is 7.98. The van der Waals surface area contributed by atoms with Gasteiger partial charge in [-0.15, -0.1) is 0 Å². The summed E-state index contributed by atoms with van der Waals surface area (Å²) in [6, 6.07) is 15.4. The molecule has 0 aromatic heterocycles. The molecule has 3 rings (SSSR count). The number of benzene rings is 3. The summed E-state index contributed by atoms with van der Waals surface area (Å²) in [5.41, 5.74) is 4.31. The van der Waals surface area contributed by atoms with E-state index in [0.717, 1.165) is 5.56 Å². The van der Waals surface area contributed by atoms with Gasteiger partial charge in [0.2, 0.25) is 0 Å². The molecule has 0 radical (unpaired) electrons. The van der Waals surface area contributed by atoms with Crippen LogP contribution in [0, 0.1) is 0 Å². The lowest BCUT2D eigenvalue weighted by atomic mass is 10.2. The zero-order valence-corrected chi connectivity index (χ0v) is 20.2. The predicted molar refractivity (Wildman–Crippen MR) is 131 cm³/mol. The van der Waals surface area contributed by atoms with Gasteiger partial charge in [-0.1, -0.05) is 46.9 Å². The summed E-state index contributed by atoms with van der Waals surface area (Å²) < 4.78 is 16.5. The highest BCUT2D eigenvalue weighted by molar-refractivity contribution is 6.37. The zero-order valence-electron chi connectivity index (χ0n) is 17.9. The maximum atomic E-state index is 12.4. The van der Waals surface area contributed by atoms with Gasteiger partial charge in [0.05, 0.1) is 30.0 Å². The molecule has 3 aromatic carbocycles. The highest BCUT2D eigenvalue weighted by Gasteiger charge is 2.12. The number of halogens is 3. The number of nitrogens with zero attached hydrogens (tertiary/aromatic N) is 1. The normalized spacial score (nSPS) is 10.8. The van der Waals surface area contributed by atoms with Gasteiger partial charge in [-0.3, -0.25) is 4.79 Å². The van der Waals surface area contributed by atoms with Crippen molar-refractivity contribution in [2.24, 2.45) is 5.10 Å². The Bertz CT molecular complexity index is 1150. The lowest BCUT2D eigenvalue weighted by Gasteiger charge is -2.11. The summed E-state index contributed by atoms with van der Waals surface area (Å²) in [6.45, 7) is 2.55. The van der Waals surface area contributed by atoms with Crippen molar-refractivity contribution in [3.8, 4) is 17.2 Å². The summed E-state index contributed by atoms with van der Waals surface area (Å²) >= 11 is 18.7. The van der Waals surface area contributed by atoms with Crippen molar-refractivity contribution in [3.05, 3.63) is 86.4 Å². The van der Waals surface area contributed by atoms with E-state index in [2.05, 4.69) is 10.5 Å². The van der Waals surface area contributed by atoms with E-state index in [0.29, 0.717) is 50.1 Å². The molecule has 0 heterocycles. The first-order valence-electron chi connectivity index (χ1n) is 9.91. The Labute approximate surface area is 207 Å². The van der Waals surface area contributed by atoms with Crippen LogP contribution in [0.15, 0.2) is 59.7 Å². The molecule has 0 saturated carbocycles. The van der Waals surface area contributed by atoms with E-state index in [4.69, 9.17) is 49.0 Å². The predicted octanol–water partition coefficient (Wildman–Crippen LogP) is 6.40. The van der Waals surface area contributed by atoms with Gasteiger partial charge in [0.15, 0.2) is 17.2 Å². The molecule has 1 N–H and O–H groups in total. The molecule has 0 spiro atoms. The minimum Gasteiger partial charge on any atom is -0.493 e. The average molecular weight is 508 g/mol. The Morgan fingerprint density at radius 1 is 1.00 bits per heavy atom. The van der Waals surface area contributed by atoms with Crippen LogP contribution in [0.3, 0.4) is 0 Å². The molecule has 33 heavy (non-hydrogen) atoms. The molecular weight excluding hydrogens is 487 g/mol. The number of methoxy groups -OCH3 is 1. The third-order valence-corrected chi connectivity index (χ3v) is 5.19. The van der Waals surface area contributed by atoms with Crippen LogP contribution in [-0.2, 0) is 6.61 Å². The maximum Gasteiger partial charge on any atom is 0.271 e. The van der Waals surface area contributed by atoms with Gasteiger partial charge in [0.1, 0.15) is 6.61 Å². The fraction of sp³-hybridized carbons (Fsp3) is 0.167. The molecule has 0 atom stereocenters. The van der Waals surface area contributed by atoms with Crippen molar-refractivity contribution in [2.45, 2.75) is 13.5 Å². The molecule has 0 saturated heterocycles. The zero-order chi connectivity index (χ0) is 23.8. The van der Waals surface area contributed by atoms with Crippen molar-refractivity contribution in [1.29, 1.82) is 0 Å². The summed E-state index contributed by atoms with van der Waals surface area (Å²) in [7, 11) is 1.53. The van der Waals surface area contributed by atoms with Gasteiger partial charge < -0.3 is 14.2 Å². The molecule has 6 nitrogen and oxygen atoms in total. The quantitative estimate of drug-likeness (QED) is 0.269. The molecular formula is C24H21Cl3N2O4. The second kappa shape index (κ2) is 11.8. The summed E-state index contributed by atoms with van der Waals surface area (Å²) in [5, 5.41) is 5.23. The number of ether oxygens (including phenoxy) is 3. The Morgan fingerprint density at radius 2 is 1.76 bits per heavy atom. The van der Waals surface area contributed by atoms with Crippen LogP contribution in [0.1, 0.15) is 28.4 Å². The van der Waals surface area contributed by atoms with Gasteiger partial charge in [-0.05, 0) is 60.5 Å². The van der Waals surface area contributed by atoms with Crippen LogP contribution in [0.2, 0.25) is 15.1 Å². The maximum absolute atomic E-state index is 12.4. The number of rotatable bonds is 9. The van der Waals surface area contributed by atoms with Crippen LogP contribution in [0.4, 0.5) is 0 Å². The van der Waals surface area contributed by atoms with Crippen LogP contribution in [0.5, 0.6) is 17.2 Å². The van der Waals surface area contributed by atoms with Gasteiger partial charge in [-0.25, -0.2) is 5.43 Å². The number of amides is 1. The smallest absolute Gasteiger partial charge is 0.271 e.